The minimum Gasteiger partial charge on any atom is -0.370 e. The summed E-state index contributed by atoms with van der Waals surface area (Å²) >= 11 is 30.1. The van der Waals surface area contributed by atoms with Gasteiger partial charge >= 0.3 is 0 Å². The molecule has 46 heavy (non-hydrogen) atoms. The Hall–Kier alpha value is -3.42. The third-order valence-corrected chi connectivity index (χ3v) is 9.99. The number of aromatic nitrogens is 4. The van der Waals surface area contributed by atoms with Crippen LogP contribution in [-0.2, 0) is 16.4 Å². The molecule has 0 bridgehead atoms. The van der Waals surface area contributed by atoms with E-state index in [-0.39, 0.29) is 21.9 Å². The molecular formula is C30H27Cl5N8O2S. The number of hydrogen-bond donors (Lipinski definition) is 3. The maximum Gasteiger partial charge on any atom is 0.242 e. The van der Waals surface area contributed by atoms with Crippen LogP contribution in [0.25, 0.3) is 22.5 Å². The second kappa shape index (κ2) is 15.4. The van der Waals surface area contributed by atoms with E-state index in [4.69, 9.17) is 69.5 Å². The average Bonchev–Trinajstić information content (AvgIpc) is 2.99. The molecule has 0 unspecified atom stereocenters. The summed E-state index contributed by atoms with van der Waals surface area (Å²) in [5, 5.41) is 5.17. The molecule has 0 atom stereocenters. The zero-order valence-electron chi connectivity index (χ0n) is 24.3. The quantitative estimate of drug-likeness (QED) is 0.136. The topological polar surface area (TPSA) is 153 Å². The molecule has 3 aromatic carbocycles. The second-order valence-corrected chi connectivity index (χ2v) is 13.9. The number of rotatable bonds is 8. The van der Waals surface area contributed by atoms with Crippen LogP contribution in [0, 0.1) is 0 Å². The predicted molar refractivity (Wildman–Crippen MR) is 188 cm³/mol. The molecule has 5 rings (SSSR count). The van der Waals surface area contributed by atoms with Crippen molar-refractivity contribution in [3.05, 3.63) is 104 Å². The molecule has 0 aliphatic rings. The number of nitrogen functional groups attached to an aromatic ring is 2. The summed E-state index contributed by atoms with van der Waals surface area (Å²) in [5.41, 5.74) is 14.8. The van der Waals surface area contributed by atoms with E-state index in [1.54, 1.807) is 66.7 Å². The fraction of sp³-hybridized carbons (Fsp3) is 0.133. The number of nitrogens with one attached hydrogen (secondary N) is 1. The van der Waals surface area contributed by atoms with Gasteiger partial charge in [-0.3, -0.25) is 0 Å². The van der Waals surface area contributed by atoms with Gasteiger partial charge in [-0.2, -0.15) is 4.98 Å². The molecule has 0 fully saturated rings. The van der Waals surface area contributed by atoms with Gasteiger partial charge in [0.05, 0.1) is 36.4 Å². The lowest BCUT2D eigenvalue weighted by atomic mass is 10.1. The molecular weight excluding hydrogens is 714 g/mol. The van der Waals surface area contributed by atoms with Crippen LogP contribution in [-0.4, -0.2) is 53.3 Å². The predicted octanol–water partition coefficient (Wildman–Crippen LogP) is 7.62. The van der Waals surface area contributed by atoms with Gasteiger partial charge in [-0.05, 0) is 36.2 Å². The summed E-state index contributed by atoms with van der Waals surface area (Å²) < 4.78 is 25.5. The van der Waals surface area contributed by atoms with E-state index in [9.17, 15) is 8.42 Å². The van der Waals surface area contributed by atoms with Crippen molar-refractivity contribution in [2.75, 3.05) is 37.4 Å². The van der Waals surface area contributed by atoms with Crippen LogP contribution in [0.5, 0.6) is 0 Å². The van der Waals surface area contributed by atoms with Gasteiger partial charge in [-0.25, -0.2) is 27.7 Å². The number of anilines is 3. The second-order valence-electron chi connectivity index (χ2n) is 9.74. The smallest absolute Gasteiger partial charge is 0.242 e. The van der Waals surface area contributed by atoms with Crippen molar-refractivity contribution >= 4 is 85.7 Å². The van der Waals surface area contributed by atoms with Gasteiger partial charge in [-0.15, -0.1) is 0 Å². The van der Waals surface area contributed by atoms with Gasteiger partial charge in [0.15, 0.2) is 0 Å². The van der Waals surface area contributed by atoms with Crippen LogP contribution in [0.2, 0.25) is 25.2 Å². The molecule has 16 heteroatoms. The average molecular weight is 741 g/mol. The van der Waals surface area contributed by atoms with Gasteiger partial charge in [0.1, 0.15) is 11.0 Å². The summed E-state index contributed by atoms with van der Waals surface area (Å²) in [6.07, 6.45) is 0.666. The van der Waals surface area contributed by atoms with Crippen LogP contribution in [0.15, 0.2) is 77.7 Å². The highest BCUT2D eigenvalue weighted by molar-refractivity contribution is 7.89. The molecule has 5 N–H and O–H groups in total. The van der Waals surface area contributed by atoms with Gasteiger partial charge in [0, 0.05) is 43.9 Å². The normalized spacial score (nSPS) is 11.2. The Kier molecular flexibility index (Phi) is 11.9. The summed E-state index contributed by atoms with van der Waals surface area (Å²) in [5.74, 6) is 0.767. The maximum absolute atomic E-state index is 12.1. The SMILES string of the molecule is CN(C)S(=O)(=O)c1ccc(CCNc2cc(-c3cccc(Cl)c3Cl)nc(N)n2)cc1.Nc1nc(Cl)cc(-c2cccc(Cl)c2Cl)n1. The van der Waals surface area contributed by atoms with Crippen molar-refractivity contribution in [2.45, 2.75) is 11.3 Å². The molecule has 2 aromatic heterocycles. The van der Waals surface area contributed by atoms with Crippen molar-refractivity contribution in [3.63, 3.8) is 0 Å². The zero-order valence-corrected chi connectivity index (χ0v) is 28.9. The molecule has 10 nitrogen and oxygen atoms in total. The Balaban J connectivity index is 0.000000252. The number of benzene rings is 3. The van der Waals surface area contributed by atoms with Crippen molar-refractivity contribution in [3.8, 4) is 22.5 Å². The monoisotopic (exact) mass is 738 g/mol. The third kappa shape index (κ3) is 8.89. The summed E-state index contributed by atoms with van der Waals surface area (Å²) in [6, 6.07) is 20.7. The lowest BCUT2D eigenvalue weighted by molar-refractivity contribution is 0.520. The lowest BCUT2D eigenvalue weighted by Crippen LogP contribution is -2.22. The Bertz CT molecular complexity index is 1940. The summed E-state index contributed by atoms with van der Waals surface area (Å²) in [4.78, 5) is 16.5. The molecule has 2 heterocycles. The first-order valence-corrected chi connectivity index (χ1v) is 16.7. The van der Waals surface area contributed by atoms with Crippen LogP contribution >= 0.6 is 58.0 Å². The molecule has 0 aliphatic heterocycles. The molecule has 5 aromatic rings. The van der Waals surface area contributed by atoms with Crippen LogP contribution < -0.4 is 16.8 Å². The van der Waals surface area contributed by atoms with Crippen molar-refractivity contribution in [1.82, 2.24) is 24.2 Å². The lowest BCUT2D eigenvalue weighted by Gasteiger charge is -2.12. The first-order valence-electron chi connectivity index (χ1n) is 13.3. The van der Waals surface area contributed by atoms with E-state index in [0.717, 1.165) is 5.56 Å². The Labute approximate surface area is 291 Å². The van der Waals surface area contributed by atoms with Gasteiger partial charge in [0.2, 0.25) is 21.9 Å². The Morgan fingerprint density at radius 2 is 1.24 bits per heavy atom. The molecule has 0 spiro atoms. The maximum atomic E-state index is 12.1. The van der Waals surface area contributed by atoms with Crippen LogP contribution in [0.1, 0.15) is 5.56 Å². The zero-order chi connectivity index (χ0) is 33.6. The van der Waals surface area contributed by atoms with Crippen molar-refractivity contribution in [2.24, 2.45) is 0 Å². The van der Waals surface area contributed by atoms with E-state index < -0.39 is 10.0 Å². The number of nitrogens with two attached hydrogens (primary N) is 2. The van der Waals surface area contributed by atoms with Gasteiger partial charge in [0.25, 0.3) is 0 Å². The molecule has 0 saturated heterocycles. The van der Waals surface area contributed by atoms with E-state index in [0.29, 0.717) is 61.4 Å². The largest absolute Gasteiger partial charge is 0.370 e. The minimum absolute atomic E-state index is 0.0959. The van der Waals surface area contributed by atoms with Crippen LogP contribution in [0.3, 0.4) is 0 Å². The number of nitrogens with zero attached hydrogens (tertiary/aromatic N) is 5. The molecule has 0 radical (unpaired) electrons. The highest BCUT2D eigenvalue weighted by atomic mass is 35.5. The van der Waals surface area contributed by atoms with Crippen molar-refractivity contribution < 1.29 is 8.42 Å². The minimum atomic E-state index is -3.43. The van der Waals surface area contributed by atoms with Crippen molar-refractivity contribution in [1.29, 1.82) is 0 Å². The molecule has 0 aliphatic carbocycles. The molecule has 0 amide bonds. The van der Waals surface area contributed by atoms with Gasteiger partial charge in [-0.1, -0.05) is 94.4 Å². The number of sulfonamides is 1. The fourth-order valence-corrected chi connectivity index (χ4v) is 5.93. The standard InChI is InChI=1S/C20H21Cl2N5O2S.C10H6Cl3N3/c1-27(2)30(28,29)14-8-6-13(7-9-14)10-11-24-18-12-17(25-20(23)26-18)15-4-3-5-16(21)19(15)22;11-6-3-1-2-5(9(6)13)7-4-8(12)16-10(14)15-7/h3-9,12H,10-11H2,1-2H3,(H3,23,24,25,26);1-4H,(H2,14,15,16). The van der Waals surface area contributed by atoms with E-state index in [2.05, 4.69) is 25.3 Å². The van der Waals surface area contributed by atoms with E-state index >= 15 is 0 Å². The van der Waals surface area contributed by atoms with E-state index in [1.807, 2.05) is 6.07 Å². The Morgan fingerprint density at radius 3 is 1.76 bits per heavy atom. The molecule has 240 valence electrons. The first-order chi connectivity index (χ1) is 21.8. The Morgan fingerprint density at radius 1 is 0.717 bits per heavy atom. The third-order valence-electron chi connectivity index (χ3n) is 6.33. The highest BCUT2D eigenvalue weighted by Gasteiger charge is 2.16. The highest BCUT2D eigenvalue weighted by Crippen LogP contribution is 2.34. The molecule has 0 saturated carbocycles. The first kappa shape index (κ1) is 35.4. The van der Waals surface area contributed by atoms with Crippen LogP contribution in [0.4, 0.5) is 17.7 Å². The van der Waals surface area contributed by atoms with E-state index in [1.165, 1.54) is 18.4 Å². The van der Waals surface area contributed by atoms with Gasteiger partial charge < -0.3 is 16.8 Å². The fourth-order valence-electron chi connectivity index (χ4n) is 4.04. The summed E-state index contributed by atoms with van der Waals surface area (Å²) in [7, 11) is -0.422. The number of halogens is 5. The summed E-state index contributed by atoms with van der Waals surface area (Å²) in [6.45, 7) is 0.568. The number of hydrogen-bond acceptors (Lipinski definition) is 9.